The lowest BCUT2D eigenvalue weighted by atomic mass is 9.87. The molecule has 1 aromatic carbocycles. The summed E-state index contributed by atoms with van der Waals surface area (Å²) in [6.45, 7) is 20.8. The molecule has 1 aliphatic heterocycles. The summed E-state index contributed by atoms with van der Waals surface area (Å²) in [5, 5.41) is 0.503. The highest BCUT2D eigenvalue weighted by Gasteiger charge is 2.31. The van der Waals surface area contributed by atoms with Crippen molar-refractivity contribution < 1.29 is 0 Å². The van der Waals surface area contributed by atoms with Crippen molar-refractivity contribution in [3.8, 4) is 0 Å². The predicted molar refractivity (Wildman–Crippen MR) is 126 cm³/mol. The Bertz CT molecular complexity index is 662. The van der Waals surface area contributed by atoms with Gasteiger partial charge in [0.05, 0.1) is 0 Å². The van der Waals surface area contributed by atoms with Crippen LogP contribution in [0.2, 0.25) is 0 Å². The van der Waals surface area contributed by atoms with Crippen LogP contribution in [0.3, 0.4) is 0 Å². The van der Waals surface area contributed by atoms with Crippen molar-refractivity contribution in [2.24, 2.45) is 10.8 Å². The molecule has 0 aliphatic carbocycles. The summed E-state index contributed by atoms with van der Waals surface area (Å²) in [7, 11) is 0. The van der Waals surface area contributed by atoms with E-state index < -0.39 is 0 Å². The first kappa shape index (κ1) is 22.1. The lowest BCUT2D eigenvalue weighted by Crippen LogP contribution is -2.25. The fraction of sp³-hybridized carbons (Fsp3) is 0.600. The van der Waals surface area contributed by atoms with E-state index in [1.807, 2.05) is 11.8 Å². The number of hydrogen-bond donors (Lipinski definition) is 0. The van der Waals surface area contributed by atoms with Crippen LogP contribution in [-0.4, -0.2) is 18.3 Å². The molecule has 0 N–H and O–H groups in total. The van der Waals surface area contributed by atoms with Gasteiger partial charge < -0.3 is 4.90 Å². The number of hydrogen-bond acceptors (Lipinski definition) is 2. The van der Waals surface area contributed by atoms with Gasteiger partial charge in [-0.1, -0.05) is 73.6 Å². The standard InChI is InChI=1S/C25H39NS/c1-9-15-26(16-10-2)21-13-11-19(12-14-21)20-17-22(24(3,4)5)27-23(18-20)25(6,7)8/h11-14,17-18,22H,9-10,15-16H2,1-8H3. The van der Waals surface area contributed by atoms with Crippen molar-refractivity contribution in [1.82, 2.24) is 0 Å². The van der Waals surface area contributed by atoms with E-state index in [2.05, 4.69) is 96.7 Å². The minimum absolute atomic E-state index is 0.187. The Morgan fingerprint density at radius 2 is 1.44 bits per heavy atom. The Hall–Kier alpha value is -1.15. The van der Waals surface area contributed by atoms with Crippen LogP contribution < -0.4 is 4.90 Å². The second kappa shape index (κ2) is 8.90. The number of benzene rings is 1. The van der Waals surface area contributed by atoms with Gasteiger partial charge in [0.1, 0.15) is 0 Å². The summed E-state index contributed by atoms with van der Waals surface area (Å²) >= 11 is 2.04. The van der Waals surface area contributed by atoms with Gasteiger partial charge in [-0.2, -0.15) is 0 Å². The molecule has 0 radical (unpaired) electrons. The number of allylic oxidation sites excluding steroid dienone is 3. The maximum Gasteiger partial charge on any atom is 0.0366 e. The third-order valence-electron chi connectivity index (χ3n) is 5.02. The highest BCUT2D eigenvalue weighted by atomic mass is 32.2. The van der Waals surface area contributed by atoms with Gasteiger partial charge in [0, 0.05) is 24.0 Å². The molecule has 1 aromatic rings. The zero-order chi connectivity index (χ0) is 20.2. The molecule has 0 bridgehead atoms. The summed E-state index contributed by atoms with van der Waals surface area (Å²) in [5.41, 5.74) is 4.50. The molecular formula is C25H39NS. The lowest BCUT2D eigenvalue weighted by molar-refractivity contribution is 0.431. The SMILES string of the molecule is CCCN(CCC)c1ccc(C2=CC(C(C)(C)C)SC(C(C)(C)C)=C2)cc1. The molecule has 0 saturated carbocycles. The van der Waals surface area contributed by atoms with Gasteiger partial charge >= 0.3 is 0 Å². The van der Waals surface area contributed by atoms with Gasteiger partial charge in [-0.15, -0.1) is 11.8 Å². The third-order valence-corrected chi connectivity index (χ3v) is 7.10. The monoisotopic (exact) mass is 385 g/mol. The number of anilines is 1. The van der Waals surface area contributed by atoms with Crippen LogP contribution in [0.25, 0.3) is 5.57 Å². The Balaban J connectivity index is 2.36. The maximum atomic E-state index is 2.50. The molecule has 150 valence electrons. The lowest BCUT2D eigenvalue weighted by Gasteiger charge is -2.36. The first-order valence-electron chi connectivity index (χ1n) is 10.5. The minimum Gasteiger partial charge on any atom is -0.372 e. The van der Waals surface area contributed by atoms with E-state index in [0.717, 1.165) is 13.1 Å². The van der Waals surface area contributed by atoms with E-state index in [4.69, 9.17) is 0 Å². The van der Waals surface area contributed by atoms with E-state index in [-0.39, 0.29) is 10.8 Å². The number of rotatable bonds is 6. The highest BCUT2D eigenvalue weighted by molar-refractivity contribution is 8.04. The number of nitrogens with zero attached hydrogens (tertiary/aromatic N) is 1. The van der Waals surface area contributed by atoms with Crippen molar-refractivity contribution >= 4 is 23.0 Å². The van der Waals surface area contributed by atoms with Crippen LogP contribution in [0.1, 0.15) is 73.8 Å². The van der Waals surface area contributed by atoms with Crippen LogP contribution in [0.4, 0.5) is 5.69 Å². The fourth-order valence-corrected chi connectivity index (χ4v) is 4.72. The molecule has 0 aromatic heterocycles. The Kier molecular flexibility index (Phi) is 7.30. The zero-order valence-electron chi connectivity index (χ0n) is 18.7. The van der Waals surface area contributed by atoms with Gasteiger partial charge in [-0.05, 0) is 57.9 Å². The maximum absolute atomic E-state index is 2.50. The summed E-state index contributed by atoms with van der Waals surface area (Å²) in [5.74, 6) is 0. The quantitative estimate of drug-likeness (QED) is 0.491. The van der Waals surface area contributed by atoms with E-state index in [1.165, 1.54) is 34.6 Å². The minimum atomic E-state index is 0.187. The van der Waals surface area contributed by atoms with Gasteiger partial charge in [0.15, 0.2) is 0 Å². The van der Waals surface area contributed by atoms with Crippen molar-refractivity contribution in [2.45, 2.75) is 73.5 Å². The average molecular weight is 386 g/mol. The van der Waals surface area contributed by atoms with E-state index in [1.54, 1.807) is 0 Å². The Morgan fingerprint density at radius 1 is 0.889 bits per heavy atom. The van der Waals surface area contributed by atoms with E-state index >= 15 is 0 Å². The van der Waals surface area contributed by atoms with Crippen molar-refractivity contribution in [3.05, 3.63) is 46.9 Å². The average Bonchev–Trinajstić information content (AvgIpc) is 2.60. The van der Waals surface area contributed by atoms with Crippen molar-refractivity contribution in [3.63, 3.8) is 0 Å². The van der Waals surface area contributed by atoms with Gasteiger partial charge in [0.25, 0.3) is 0 Å². The van der Waals surface area contributed by atoms with Gasteiger partial charge in [-0.3, -0.25) is 0 Å². The Labute approximate surface area is 172 Å². The van der Waals surface area contributed by atoms with Crippen LogP contribution in [0.15, 0.2) is 41.3 Å². The molecule has 2 rings (SSSR count). The fourth-order valence-electron chi connectivity index (χ4n) is 3.33. The van der Waals surface area contributed by atoms with E-state index in [9.17, 15) is 0 Å². The zero-order valence-corrected chi connectivity index (χ0v) is 19.5. The first-order valence-corrected chi connectivity index (χ1v) is 11.4. The largest absolute Gasteiger partial charge is 0.372 e. The molecule has 1 atom stereocenters. The van der Waals surface area contributed by atoms with Crippen LogP contribution in [0, 0.1) is 10.8 Å². The van der Waals surface area contributed by atoms with Gasteiger partial charge in [-0.25, -0.2) is 0 Å². The molecule has 0 amide bonds. The normalized spacial score (nSPS) is 18.1. The van der Waals surface area contributed by atoms with E-state index in [0.29, 0.717) is 5.25 Å². The smallest absolute Gasteiger partial charge is 0.0366 e. The van der Waals surface area contributed by atoms with Crippen molar-refractivity contribution in [1.29, 1.82) is 0 Å². The second-order valence-corrected chi connectivity index (χ2v) is 11.0. The predicted octanol–water partition coefficient (Wildman–Crippen LogP) is 7.79. The summed E-state index contributed by atoms with van der Waals surface area (Å²) in [4.78, 5) is 3.99. The molecule has 27 heavy (non-hydrogen) atoms. The molecule has 1 heterocycles. The second-order valence-electron chi connectivity index (χ2n) is 9.82. The molecule has 0 fully saturated rings. The molecule has 2 heteroatoms. The van der Waals surface area contributed by atoms with Gasteiger partial charge in [0.2, 0.25) is 0 Å². The summed E-state index contributed by atoms with van der Waals surface area (Å²) in [6.07, 6.45) is 7.27. The highest BCUT2D eigenvalue weighted by Crippen LogP contribution is 2.48. The van der Waals surface area contributed by atoms with Crippen LogP contribution >= 0.6 is 11.8 Å². The van der Waals surface area contributed by atoms with Crippen LogP contribution in [0.5, 0.6) is 0 Å². The molecule has 1 nitrogen and oxygen atoms in total. The van der Waals surface area contributed by atoms with Crippen LogP contribution in [-0.2, 0) is 0 Å². The Morgan fingerprint density at radius 3 is 1.89 bits per heavy atom. The van der Waals surface area contributed by atoms with Crippen molar-refractivity contribution in [2.75, 3.05) is 18.0 Å². The molecule has 1 aliphatic rings. The topological polar surface area (TPSA) is 3.24 Å². The number of thioether (sulfide) groups is 1. The first-order chi connectivity index (χ1) is 12.6. The molecular weight excluding hydrogens is 346 g/mol. The molecule has 0 saturated heterocycles. The third kappa shape index (κ3) is 5.91. The molecule has 0 spiro atoms. The summed E-state index contributed by atoms with van der Waals surface area (Å²) in [6, 6.07) is 9.23. The summed E-state index contributed by atoms with van der Waals surface area (Å²) < 4.78 is 0. The molecule has 1 unspecified atom stereocenters.